The number of nitriles is 1. The van der Waals surface area contributed by atoms with Crippen LogP contribution in [0.2, 0.25) is 0 Å². The van der Waals surface area contributed by atoms with Crippen LogP contribution in [0.5, 0.6) is 0 Å². The van der Waals surface area contributed by atoms with Gasteiger partial charge in [-0.3, -0.25) is 0 Å². The standard InChI is InChI=1S/C13H19N3S/c1-5-12(9-17-4)16(3)13-11(8-14)7-6-10(2)15-13/h6-7,12H,5,9H2,1-4H3. The molecule has 0 saturated carbocycles. The first-order valence-corrected chi connectivity index (χ1v) is 7.12. The molecule has 1 rings (SSSR count). The number of nitrogens with zero attached hydrogens (tertiary/aromatic N) is 3. The van der Waals surface area contributed by atoms with Crippen LogP contribution in [0.4, 0.5) is 5.82 Å². The molecule has 0 fully saturated rings. The Bertz CT molecular complexity index is 412. The predicted molar refractivity (Wildman–Crippen MR) is 74.6 cm³/mol. The van der Waals surface area contributed by atoms with Crippen LogP contribution in [0.1, 0.15) is 24.6 Å². The van der Waals surface area contributed by atoms with E-state index in [4.69, 9.17) is 5.26 Å². The average Bonchev–Trinajstić information content (AvgIpc) is 2.35. The van der Waals surface area contributed by atoms with Gasteiger partial charge in [-0.05, 0) is 31.7 Å². The molecule has 0 N–H and O–H groups in total. The van der Waals surface area contributed by atoms with Crippen LogP contribution < -0.4 is 4.90 Å². The highest BCUT2D eigenvalue weighted by atomic mass is 32.2. The molecule has 0 saturated heterocycles. The van der Waals surface area contributed by atoms with Crippen molar-refractivity contribution in [1.82, 2.24) is 4.98 Å². The number of anilines is 1. The number of thioether (sulfide) groups is 1. The van der Waals surface area contributed by atoms with Crippen molar-refractivity contribution in [2.75, 3.05) is 24.0 Å². The fourth-order valence-corrected chi connectivity index (χ4v) is 2.61. The number of aryl methyl sites for hydroxylation is 1. The van der Waals surface area contributed by atoms with E-state index in [2.05, 4.69) is 29.1 Å². The number of aromatic nitrogens is 1. The first-order valence-electron chi connectivity index (χ1n) is 5.73. The molecule has 0 aliphatic carbocycles. The molecule has 1 heterocycles. The van der Waals surface area contributed by atoms with Crippen LogP contribution in [0.3, 0.4) is 0 Å². The average molecular weight is 249 g/mol. The summed E-state index contributed by atoms with van der Waals surface area (Å²) in [6.45, 7) is 4.12. The summed E-state index contributed by atoms with van der Waals surface area (Å²) in [5.41, 5.74) is 1.60. The van der Waals surface area contributed by atoms with Crippen molar-refractivity contribution in [3.05, 3.63) is 23.4 Å². The maximum Gasteiger partial charge on any atom is 0.146 e. The summed E-state index contributed by atoms with van der Waals surface area (Å²) in [5, 5.41) is 9.12. The highest BCUT2D eigenvalue weighted by Crippen LogP contribution is 2.21. The summed E-state index contributed by atoms with van der Waals surface area (Å²) >= 11 is 1.82. The molecule has 0 amide bonds. The zero-order chi connectivity index (χ0) is 12.8. The van der Waals surface area contributed by atoms with E-state index in [0.717, 1.165) is 23.7 Å². The maximum atomic E-state index is 9.12. The molecule has 1 atom stereocenters. The molecule has 0 spiro atoms. The molecular weight excluding hydrogens is 230 g/mol. The van der Waals surface area contributed by atoms with Gasteiger partial charge in [0.05, 0.1) is 5.56 Å². The molecule has 17 heavy (non-hydrogen) atoms. The van der Waals surface area contributed by atoms with Gasteiger partial charge in [-0.15, -0.1) is 0 Å². The van der Waals surface area contributed by atoms with Gasteiger partial charge in [0, 0.05) is 24.5 Å². The van der Waals surface area contributed by atoms with E-state index in [1.165, 1.54) is 0 Å². The Hall–Kier alpha value is -1.21. The van der Waals surface area contributed by atoms with Gasteiger partial charge in [0.2, 0.25) is 0 Å². The van der Waals surface area contributed by atoms with E-state index in [1.54, 1.807) is 0 Å². The van der Waals surface area contributed by atoms with Crippen molar-refractivity contribution in [2.24, 2.45) is 0 Å². The molecule has 0 radical (unpaired) electrons. The molecule has 92 valence electrons. The van der Waals surface area contributed by atoms with E-state index >= 15 is 0 Å². The van der Waals surface area contributed by atoms with Gasteiger partial charge in [0.1, 0.15) is 11.9 Å². The third-order valence-corrected chi connectivity index (χ3v) is 3.57. The Morgan fingerprint density at radius 2 is 2.24 bits per heavy atom. The Balaban J connectivity index is 3.05. The molecule has 1 unspecified atom stereocenters. The molecule has 0 aliphatic rings. The van der Waals surface area contributed by atoms with Crippen molar-refractivity contribution in [3.63, 3.8) is 0 Å². The van der Waals surface area contributed by atoms with E-state index in [-0.39, 0.29) is 0 Å². The van der Waals surface area contributed by atoms with Gasteiger partial charge in [-0.25, -0.2) is 4.98 Å². The minimum absolute atomic E-state index is 0.423. The number of pyridine rings is 1. The zero-order valence-corrected chi connectivity index (χ0v) is 11.7. The Labute approximate surface area is 108 Å². The van der Waals surface area contributed by atoms with Gasteiger partial charge >= 0.3 is 0 Å². The SMILES string of the molecule is CCC(CSC)N(C)c1nc(C)ccc1C#N. The minimum atomic E-state index is 0.423. The molecule has 1 aromatic heterocycles. The third-order valence-electron chi connectivity index (χ3n) is 2.85. The molecule has 0 aromatic carbocycles. The molecule has 3 nitrogen and oxygen atoms in total. The van der Waals surface area contributed by atoms with Crippen molar-refractivity contribution in [2.45, 2.75) is 26.3 Å². The molecule has 4 heteroatoms. The topological polar surface area (TPSA) is 39.9 Å². The van der Waals surface area contributed by atoms with Crippen LogP contribution in [0, 0.1) is 18.3 Å². The van der Waals surface area contributed by atoms with Crippen molar-refractivity contribution in [1.29, 1.82) is 5.26 Å². The summed E-state index contributed by atoms with van der Waals surface area (Å²) in [4.78, 5) is 6.62. The van der Waals surface area contributed by atoms with Crippen molar-refractivity contribution >= 4 is 17.6 Å². The lowest BCUT2D eigenvalue weighted by Gasteiger charge is -2.28. The van der Waals surface area contributed by atoms with E-state index in [0.29, 0.717) is 11.6 Å². The normalized spacial score (nSPS) is 11.9. The second-order valence-electron chi connectivity index (χ2n) is 4.06. The highest BCUT2D eigenvalue weighted by molar-refractivity contribution is 7.98. The van der Waals surface area contributed by atoms with Gasteiger partial charge < -0.3 is 4.90 Å². The van der Waals surface area contributed by atoms with Gasteiger partial charge in [-0.2, -0.15) is 17.0 Å². The lowest BCUT2D eigenvalue weighted by molar-refractivity contribution is 0.664. The minimum Gasteiger partial charge on any atom is -0.355 e. The first-order chi connectivity index (χ1) is 8.13. The quantitative estimate of drug-likeness (QED) is 0.804. The zero-order valence-electron chi connectivity index (χ0n) is 10.9. The lowest BCUT2D eigenvalue weighted by atomic mass is 10.2. The van der Waals surface area contributed by atoms with E-state index in [1.807, 2.05) is 37.9 Å². The number of hydrogen-bond acceptors (Lipinski definition) is 4. The monoisotopic (exact) mass is 249 g/mol. The lowest BCUT2D eigenvalue weighted by Crippen LogP contribution is -2.34. The third kappa shape index (κ3) is 3.37. The fraction of sp³-hybridized carbons (Fsp3) is 0.538. The highest BCUT2D eigenvalue weighted by Gasteiger charge is 2.17. The van der Waals surface area contributed by atoms with Crippen LogP contribution in [0.15, 0.2) is 12.1 Å². The van der Waals surface area contributed by atoms with Crippen molar-refractivity contribution < 1.29 is 0 Å². The Morgan fingerprint density at radius 3 is 2.76 bits per heavy atom. The summed E-state index contributed by atoms with van der Waals surface area (Å²) in [6.07, 6.45) is 3.16. The largest absolute Gasteiger partial charge is 0.355 e. The molecule has 0 aliphatic heterocycles. The predicted octanol–water partition coefficient (Wildman–Crippen LogP) is 2.84. The summed E-state index contributed by atoms with van der Waals surface area (Å²) in [6, 6.07) is 6.36. The molecular formula is C13H19N3S. The maximum absolute atomic E-state index is 9.12. The second kappa shape index (κ2) is 6.51. The second-order valence-corrected chi connectivity index (χ2v) is 4.97. The van der Waals surface area contributed by atoms with E-state index in [9.17, 15) is 0 Å². The summed E-state index contributed by atoms with van der Waals surface area (Å²) in [7, 11) is 2.02. The smallest absolute Gasteiger partial charge is 0.146 e. The Kier molecular flexibility index (Phi) is 5.30. The van der Waals surface area contributed by atoms with Gasteiger partial charge in [-0.1, -0.05) is 6.92 Å². The molecule has 0 bridgehead atoms. The van der Waals surface area contributed by atoms with Crippen molar-refractivity contribution in [3.8, 4) is 6.07 Å². The number of hydrogen-bond donors (Lipinski definition) is 0. The van der Waals surface area contributed by atoms with Gasteiger partial charge in [0.15, 0.2) is 0 Å². The Morgan fingerprint density at radius 1 is 1.53 bits per heavy atom. The summed E-state index contributed by atoms with van der Waals surface area (Å²) in [5.74, 6) is 1.85. The van der Waals surface area contributed by atoms with Crippen LogP contribution in [0.25, 0.3) is 0 Å². The number of rotatable bonds is 5. The van der Waals surface area contributed by atoms with Crippen LogP contribution in [-0.4, -0.2) is 30.1 Å². The van der Waals surface area contributed by atoms with Crippen LogP contribution >= 0.6 is 11.8 Å². The summed E-state index contributed by atoms with van der Waals surface area (Å²) < 4.78 is 0. The first kappa shape index (κ1) is 13.9. The fourth-order valence-electron chi connectivity index (χ4n) is 1.77. The van der Waals surface area contributed by atoms with Crippen LogP contribution in [-0.2, 0) is 0 Å². The van der Waals surface area contributed by atoms with Gasteiger partial charge in [0.25, 0.3) is 0 Å². The van der Waals surface area contributed by atoms with E-state index < -0.39 is 0 Å². The molecule has 1 aromatic rings.